The quantitative estimate of drug-likeness (QED) is 0.719. The first kappa shape index (κ1) is 14.4. The smallest absolute Gasteiger partial charge is 0.124 e. The van der Waals surface area contributed by atoms with Gasteiger partial charge in [0.25, 0.3) is 0 Å². The summed E-state index contributed by atoms with van der Waals surface area (Å²) in [4.78, 5) is 8.78. The first-order chi connectivity index (χ1) is 11.2. The summed E-state index contributed by atoms with van der Waals surface area (Å²) in [6.45, 7) is 0.596. The fourth-order valence-corrected chi connectivity index (χ4v) is 3.14. The predicted molar refractivity (Wildman–Crippen MR) is 90.1 cm³/mol. The van der Waals surface area contributed by atoms with Gasteiger partial charge < -0.3 is 10.1 Å². The largest absolute Gasteiger partial charge is 0.493 e. The molecule has 1 atom stereocenters. The first-order valence-electron chi connectivity index (χ1n) is 7.30. The lowest BCUT2D eigenvalue weighted by Crippen LogP contribution is -2.20. The number of hydrogen-bond acceptors (Lipinski definition) is 4. The van der Waals surface area contributed by atoms with Crippen molar-refractivity contribution < 1.29 is 9.13 Å². The molecule has 0 saturated heterocycles. The fourth-order valence-electron chi connectivity index (χ4n) is 2.82. The SMILES string of the molecule is Fc1ccc2c(c1)C(Nc1ccnc3cc(Br)cnc13)CCO2. The van der Waals surface area contributed by atoms with Crippen LogP contribution in [0.25, 0.3) is 11.0 Å². The van der Waals surface area contributed by atoms with Crippen LogP contribution < -0.4 is 10.1 Å². The summed E-state index contributed by atoms with van der Waals surface area (Å²) in [6.07, 6.45) is 4.24. The Bertz CT molecular complexity index is 887. The van der Waals surface area contributed by atoms with Gasteiger partial charge in [0.2, 0.25) is 0 Å². The van der Waals surface area contributed by atoms with E-state index in [1.54, 1.807) is 18.5 Å². The Hall–Kier alpha value is -2.21. The van der Waals surface area contributed by atoms with Crippen LogP contribution in [0, 0.1) is 5.82 Å². The zero-order valence-corrected chi connectivity index (χ0v) is 13.7. The van der Waals surface area contributed by atoms with Gasteiger partial charge in [-0.25, -0.2) is 4.39 Å². The maximum atomic E-state index is 13.6. The van der Waals surface area contributed by atoms with Crippen LogP contribution in [0.3, 0.4) is 0 Å². The second kappa shape index (κ2) is 5.77. The molecule has 0 fully saturated rings. The van der Waals surface area contributed by atoms with Gasteiger partial charge in [0.1, 0.15) is 17.1 Å². The van der Waals surface area contributed by atoms with E-state index < -0.39 is 0 Å². The maximum absolute atomic E-state index is 13.6. The van der Waals surface area contributed by atoms with Crippen LogP contribution in [0.2, 0.25) is 0 Å². The van der Waals surface area contributed by atoms with Crippen molar-refractivity contribution in [1.29, 1.82) is 0 Å². The van der Waals surface area contributed by atoms with Crippen molar-refractivity contribution in [1.82, 2.24) is 9.97 Å². The van der Waals surface area contributed by atoms with E-state index in [1.807, 2.05) is 12.1 Å². The Morgan fingerprint density at radius 3 is 3.04 bits per heavy atom. The highest BCUT2D eigenvalue weighted by Gasteiger charge is 2.22. The molecule has 116 valence electrons. The molecule has 0 saturated carbocycles. The van der Waals surface area contributed by atoms with Crippen molar-refractivity contribution in [2.75, 3.05) is 11.9 Å². The zero-order chi connectivity index (χ0) is 15.8. The highest BCUT2D eigenvalue weighted by atomic mass is 79.9. The average molecular weight is 374 g/mol. The Labute approximate surface area is 140 Å². The highest BCUT2D eigenvalue weighted by Crippen LogP contribution is 2.36. The molecule has 1 aliphatic heterocycles. The van der Waals surface area contributed by atoms with Gasteiger partial charge in [-0.15, -0.1) is 0 Å². The minimum atomic E-state index is -0.261. The summed E-state index contributed by atoms with van der Waals surface area (Å²) < 4.78 is 20.1. The van der Waals surface area contributed by atoms with E-state index in [1.165, 1.54) is 12.1 Å². The summed E-state index contributed by atoms with van der Waals surface area (Å²) in [5.74, 6) is 0.465. The van der Waals surface area contributed by atoms with Crippen molar-refractivity contribution in [2.24, 2.45) is 0 Å². The summed E-state index contributed by atoms with van der Waals surface area (Å²) in [6, 6.07) is 8.41. The second-order valence-electron chi connectivity index (χ2n) is 5.40. The third kappa shape index (κ3) is 2.74. The number of nitrogens with zero attached hydrogens (tertiary/aromatic N) is 2. The number of ether oxygens (including phenoxy) is 1. The van der Waals surface area contributed by atoms with Gasteiger partial charge in [-0.1, -0.05) is 0 Å². The maximum Gasteiger partial charge on any atom is 0.124 e. The molecule has 23 heavy (non-hydrogen) atoms. The Morgan fingerprint density at radius 1 is 1.22 bits per heavy atom. The minimum absolute atomic E-state index is 0.0227. The van der Waals surface area contributed by atoms with Gasteiger partial charge in [-0.2, -0.15) is 0 Å². The number of halogens is 2. The molecule has 0 aliphatic carbocycles. The zero-order valence-electron chi connectivity index (χ0n) is 12.1. The lowest BCUT2D eigenvalue weighted by Gasteiger charge is -2.27. The van der Waals surface area contributed by atoms with Crippen molar-refractivity contribution in [3.63, 3.8) is 0 Å². The predicted octanol–water partition coefficient (Wildman–Crippen LogP) is 4.47. The molecule has 3 aromatic rings. The third-order valence-corrected chi connectivity index (χ3v) is 4.32. The Morgan fingerprint density at radius 2 is 2.13 bits per heavy atom. The van der Waals surface area contributed by atoms with Crippen molar-refractivity contribution in [3.8, 4) is 5.75 Å². The monoisotopic (exact) mass is 373 g/mol. The van der Waals surface area contributed by atoms with E-state index in [-0.39, 0.29) is 11.9 Å². The number of anilines is 1. The van der Waals surface area contributed by atoms with E-state index in [9.17, 15) is 4.39 Å². The molecule has 0 spiro atoms. The van der Waals surface area contributed by atoms with Crippen LogP contribution in [-0.2, 0) is 0 Å². The van der Waals surface area contributed by atoms with E-state index >= 15 is 0 Å². The summed E-state index contributed by atoms with van der Waals surface area (Å²) in [5.41, 5.74) is 3.30. The molecule has 4 nitrogen and oxygen atoms in total. The molecule has 4 rings (SSSR count). The molecule has 6 heteroatoms. The van der Waals surface area contributed by atoms with Crippen molar-refractivity contribution >= 4 is 32.7 Å². The first-order valence-corrected chi connectivity index (χ1v) is 8.09. The number of rotatable bonds is 2. The molecule has 1 unspecified atom stereocenters. The fraction of sp³-hybridized carbons (Fsp3) is 0.176. The topological polar surface area (TPSA) is 47.0 Å². The van der Waals surface area contributed by atoms with Crippen LogP contribution in [0.15, 0.2) is 47.2 Å². The lowest BCUT2D eigenvalue weighted by molar-refractivity contribution is 0.273. The summed E-state index contributed by atoms with van der Waals surface area (Å²) in [7, 11) is 0. The molecule has 3 heterocycles. The van der Waals surface area contributed by atoms with E-state index in [0.29, 0.717) is 6.61 Å². The van der Waals surface area contributed by atoms with Crippen LogP contribution >= 0.6 is 15.9 Å². The molecule has 2 aromatic heterocycles. The van der Waals surface area contributed by atoms with Gasteiger partial charge in [-0.05, 0) is 46.3 Å². The van der Waals surface area contributed by atoms with Crippen LogP contribution in [0.5, 0.6) is 5.75 Å². The molecular weight excluding hydrogens is 361 g/mol. The van der Waals surface area contributed by atoms with Crippen molar-refractivity contribution in [2.45, 2.75) is 12.5 Å². The van der Waals surface area contributed by atoms with Crippen LogP contribution in [0.1, 0.15) is 18.0 Å². The van der Waals surface area contributed by atoms with Crippen molar-refractivity contribution in [3.05, 3.63) is 58.6 Å². The van der Waals surface area contributed by atoms with Gasteiger partial charge in [0.15, 0.2) is 0 Å². The van der Waals surface area contributed by atoms with Gasteiger partial charge in [0.05, 0.1) is 23.9 Å². The van der Waals surface area contributed by atoms with Gasteiger partial charge >= 0.3 is 0 Å². The van der Waals surface area contributed by atoms with E-state index in [2.05, 4.69) is 31.2 Å². The highest BCUT2D eigenvalue weighted by molar-refractivity contribution is 9.10. The summed E-state index contributed by atoms with van der Waals surface area (Å²) in [5, 5.41) is 3.46. The normalized spacial score (nSPS) is 16.7. The van der Waals surface area contributed by atoms with E-state index in [4.69, 9.17) is 4.74 Å². The van der Waals surface area contributed by atoms with Gasteiger partial charge in [-0.3, -0.25) is 9.97 Å². The third-order valence-electron chi connectivity index (χ3n) is 3.89. The molecule has 1 N–H and O–H groups in total. The number of pyridine rings is 2. The molecule has 0 radical (unpaired) electrons. The minimum Gasteiger partial charge on any atom is -0.493 e. The van der Waals surface area contributed by atoms with Crippen LogP contribution in [0.4, 0.5) is 10.1 Å². The molecule has 1 aliphatic rings. The number of nitrogens with one attached hydrogen (secondary N) is 1. The Kier molecular flexibility index (Phi) is 3.61. The standard InChI is InChI=1S/C17H13BrFN3O/c18-10-7-15-17(21-9-10)14(3-5-20-15)22-13-4-6-23-16-2-1-11(19)8-12(13)16/h1-3,5,7-9,13H,4,6H2,(H,20,22). The lowest BCUT2D eigenvalue weighted by atomic mass is 10.00. The average Bonchev–Trinajstić information content (AvgIpc) is 2.55. The van der Waals surface area contributed by atoms with Crippen LogP contribution in [-0.4, -0.2) is 16.6 Å². The molecular formula is C17H13BrFN3O. The molecule has 0 bridgehead atoms. The molecule has 1 aromatic carbocycles. The number of benzene rings is 1. The number of fused-ring (bicyclic) bond motifs is 2. The van der Waals surface area contributed by atoms with Gasteiger partial charge in [0, 0.05) is 28.9 Å². The number of aromatic nitrogens is 2. The molecule has 0 amide bonds. The summed E-state index contributed by atoms with van der Waals surface area (Å²) >= 11 is 3.40. The Balaban J connectivity index is 1.74. The second-order valence-corrected chi connectivity index (χ2v) is 6.31. The van der Waals surface area contributed by atoms with E-state index in [0.717, 1.165) is 38.9 Å². The number of hydrogen-bond donors (Lipinski definition) is 1.